The van der Waals surface area contributed by atoms with Crippen LogP contribution >= 0.6 is 34.8 Å². The maximum atomic E-state index is 12.7. The molecule has 1 aromatic carbocycles. The summed E-state index contributed by atoms with van der Waals surface area (Å²) in [6, 6.07) is 5.68. The van der Waals surface area contributed by atoms with Crippen molar-refractivity contribution in [3.05, 3.63) is 45.3 Å². The van der Waals surface area contributed by atoms with E-state index in [4.69, 9.17) is 34.8 Å². The van der Waals surface area contributed by atoms with Gasteiger partial charge in [0.2, 0.25) is 0 Å². The van der Waals surface area contributed by atoms with E-state index < -0.39 is 0 Å². The summed E-state index contributed by atoms with van der Waals surface area (Å²) < 4.78 is 12.7. The Balaban J connectivity index is 2.57. The summed E-state index contributed by atoms with van der Waals surface area (Å²) in [7, 11) is 0. The van der Waals surface area contributed by atoms with Crippen LogP contribution in [0.15, 0.2) is 24.3 Å². The van der Waals surface area contributed by atoms with Gasteiger partial charge >= 0.3 is 0 Å². The summed E-state index contributed by atoms with van der Waals surface area (Å²) in [5, 5.41) is 7.84. The van der Waals surface area contributed by atoms with Crippen molar-refractivity contribution in [3.63, 3.8) is 0 Å². The van der Waals surface area contributed by atoms with Crippen molar-refractivity contribution < 1.29 is 4.39 Å². The Bertz CT molecular complexity index is 528. The van der Waals surface area contributed by atoms with Crippen molar-refractivity contribution in [1.29, 1.82) is 0 Å². The molecule has 2 aromatic rings. The van der Waals surface area contributed by atoms with E-state index >= 15 is 0 Å². The number of halogens is 4. The van der Waals surface area contributed by atoms with Crippen LogP contribution in [0.5, 0.6) is 0 Å². The van der Waals surface area contributed by atoms with E-state index in [0.717, 1.165) is 0 Å². The number of benzene rings is 1. The lowest BCUT2D eigenvalue weighted by atomic mass is 10.1. The zero-order valence-electron chi connectivity index (χ0n) is 7.72. The zero-order chi connectivity index (χ0) is 11.7. The molecular weight excluding hydrogens is 273 g/mol. The average molecular weight is 278 g/mol. The predicted octanol–water partition coefficient (Wildman–Crippen LogP) is 4.24. The van der Waals surface area contributed by atoms with Crippen molar-refractivity contribution in [2.24, 2.45) is 0 Å². The lowest BCUT2D eigenvalue weighted by Gasteiger charge is -2.04. The van der Waals surface area contributed by atoms with Gasteiger partial charge in [-0.3, -0.25) is 0 Å². The third-order valence-electron chi connectivity index (χ3n) is 1.94. The third-order valence-corrected chi connectivity index (χ3v) is 3.13. The van der Waals surface area contributed by atoms with Gasteiger partial charge in [0.15, 0.2) is 5.15 Å². The number of nitrogens with zero attached hydrogens (tertiary/aromatic N) is 2. The molecule has 0 unspecified atom stereocenters. The molecule has 0 amide bonds. The van der Waals surface area contributed by atoms with Crippen LogP contribution in [0.1, 0.15) is 0 Å². The molecule has 0 N–H and O–H groups in total. The monoisotopic (exact) mass is 276 g/mol. The lowest BCUT2D eigenvalue weighted by Crippen LogP contribution is -1.91. The second-order valence-corrected chi connectivity index (χ2v) is 4.09. The van der Waals surface area contributed by atoms with Crippen LogP contribution in [0.4, 0.5) is 4.39 Å². The van der Waals surface area contributed by atoms with Gasteiger partial charge in [0.1, 0.15) is 16.5 Å². The van der Waals surface area contributed by atoms with Crippen molar-refractivity contribution in [2.45, 2.75) is 0 Å². The largest absolute Gasteiger partial charge is 0.207 e. The standard InChI is InChI=1S/C10H4Cl3FN2/c11-7-8(12)10(13)16-15-9(7)5-1-3-6(14)4-2-5/h1-4H. The molecule has 2 rings (SSSR count). The molecule has 0 aliphatic heterocycles. The summed E-state index contributed by atoms with van der Waals surface area (Å²) in [5.41, 5.74) is 0.994. The average Bonchev–Trinajstić information content (AvgIpc) is 2.28. The molecule has 0 radical (unpaired) electrons. The molecule has 0 atom stereocenters. The predicted molar refractivity (Wildman–Crippen MR) is 62.5 cm³/mol. The van der Waals surface area contributed by atoms with Crippen LogP contribution in [0.3, 0.4) is 0 Å². The molecule has 6 heteroatoms. The first-order chi connectivity index (χ1) is 7.59. The minimum Gasteiger partial charge on any atom is -0.207 e. The Labute approximate surface area is 106 Å². The van der Waals surface area contributed by atoms with Crippen LogP contribution in [-0.2, 0) is 0 Å². The summed E-state index contributed by atoms with van der Waals surface area (Å²) in [6.45, 7) is 0. The Morgan fingerprint density at radius 1 is 0.875 bits per heavy atom. The highest BCUT2D eigenvalue weighted by Crippen LogP contribution is 2.34. The second-order valence-electron chi connectivity index (χ2n) is 2.97. The van der Waals surface area contributed by atoms with Crippen molar-refractivity contribution >= 4 is 34.8 Å². The van der Waals surface area contributed by atoms with Gasteiger partial charge in [0.05, 0.1) is 5.02 Å². The maximum Gasteiger partial charge on any atom is 0.171 e. The van der Waals surface area contributed by atoms with Gasteiger partial charge in [-0.1, -0.05) is 34.8 Å². The molecule has 0 saturated carbocycles. The van der Waals surface area contributed by atoms with Crippen molar-refractivity contribution in [3.8, 4) is 11.3 Å². The highest BCUT2D eigenvalue weighted by molar-refractivity contribution is 6.48. The molecule has 0 aliphatic carbocycles. The van der Waals surface area contributed by atoms with Gasteiger partial charge in [0.25, 0.3) is 0 Å². The van der Waals surface area contributed by atoms with Gasteiger partial charge in [-0.05, 0) is 24.3 Å². The van der Waals surface area contributed by atoms with Crippen LogP contribution in [0.2, 0.25) is 15.2 Å². The number of hydrogen-bond donors (Lipinski definition) is 0. The normalized spacial score (nSPS) is 10.5. The van der Waals surface area contributed by atoms with Crippen LogP contribution in [0.25, 0.3) is 11.3 Å². The molecule has 0 spiro atoms. The quantitative estimate of drug-likeness (QED) is 0.779. The first-order valence-electron chi connectivity index (χ1n) is 4.22. The van der Waals surface area contributed by atoms with Crippen molar-refractivity contribution in [1.82, 2.24) is 10.2 Å². The van der Waals surface area contributed by atoms with Crippen molar-refractivity contribution in [2.75, 3.05) is 0 Å². The Kier molecular flexibility index (Phi) is 3.28. The molecule has 0 aliphatic rings. The Hall–Kier alpha value is -0.900. The molecule has 16 heavy (non-hydrogen) atoms. The summed E-state index contributed by atoms with van der Waals surface area (Å²) in [5.74, 6) is -0.340. The Morgan fingerprint density at radius 2 is 1.50 bits per heavy atom. The number of hydrogen-bond acceptors (Lipinski definition) is 2. The molecule has 0 bridgehead atoms. The highest BCUT2D eigenvalue weighted by atomic mass is 35.5. The molecule has 2 nitrogen and oxygen atoms in total. The van der Waals surface area contributed by atoms with Gasteiger partial charge in [-0.15, -0.1) is 10.2 Å². The van der Waals surface area contributed by atoms with Gasteiger partial charge < -0.3 is 0 Å². The van der Waals surface area contributed by atoms with E-state index in [2.05, 4.69) is 10.2 Å². The highest BCUT2D eigenvalue weighted by Gasteiger charge is 2.13. The fourth-order valence-electron chi connectivity index (χ4n) is 1.17. The first kappa shape index (κ1) is 11.6. The first-order valence-corrected chi connectivity index (χ1v) is 5.36. The second kappa shape index (κ2) is 4.53. The molecular formula is C10H4Cl3FN2. The summed E-state index contributed by atoms with van der Waals surface area (Å²) in [6.07, 6.45) is 0. The zero-order valence-corrected chi connectivity index (χ0v) is 9.98. The number of rotatable bonds is 1. The SMILES string of the molecule is Fc1ccc(-c2nnc(Cl)c(Cl)c2Cl)cc1. The van der Waals surface area contributed by atoms with E-state index in [9.17, 15) is 4.39 Å². The topological polar surface area (TPSA) is 25.8 Å². The fourth-order valence-corrected chi connectivity index (χ4v) is 1.71. The van der Waals surface area contributed by atoms with E-state index in [0.29, 0.717) is 11.3 Å². The van der Waals surface area contributed by atoms with Crippen LogP contribution in [-0.4, -0.2) is 10.2 Å². The Morgan fingerprint density at radius 3 is 2.12 bits per heavy atom. The number of aromatic nitrogens is 2. The fraction of sp³-hybridized carbons (Fsp3) is 0. The maximum absolute atomic E-state index is 12.7. The van der Waals surface area contributed by atoms with Gasteiger partial charge in [-0.2, -0.15) is 0 Å². The minimum absolute atomic E-state index is 0.0394. The van der Waals surface area contributed by atoms with Crippen LogP contribution < -0.4 is 0 Å². The molecule has 0 saturated heterocycles. The van der Waals surface area contributed by atoms with Crippen LogP contribution in [0, 0.1) is 5.82 Å². The summed E-state index contributed by atoms with van der Waals surface area (Å²) >= 11 is 17.4. The summed E-state index contributed by atoms with van der Waals surface area (Å²) in [4.78, 5) is 0. The van der Waals surface area contributed by atoms with E-state index in [1.54, 1.807) is 0 Å². The van der Waals surface area contributed by atoms with E-state index in [-0.39, 0.29) is 21.0 Å². The van der Waals surface area contributed by atoms with Gasteiger partial charge in [0, 0.05) is 5.56 Å². The smallest absolute Gasteiger partial charge is 0.171 e. The molecule has 1 heterocycles. The minimum atomic E-state index is -0.340. The van der Waals surface area contributed by atoms with E-state index in [1.807, 2.05) is 0 Å². The van der Waals surface area contributed by atoms with E-state index in [1.165, 1.54) is 24.3 Å². The molecule has 82 valence electrons. The van der Waals surface area contributed by atoms with Gasteiger partial charge in [-0.25, -0.2) is 4.39 Å². The molecule has 0 fully saturated rings. The lowest BCUT2D eigenvalue weighted by molar-refractivity contribution is 0.628. The molecule has 1 aromatic heterocycles. The third kappa shape index (κ3) is 2.12.